The van der Waals surface area contributed by atoms with Crippen LogP contribution in [0.25, 0.3) is 0 Å². The Morgan fingerprint density at radius 1 is 1.41 bits per heavy atom. The Balaban J connectivity index is 0.00000242. The number of carbonyl (C=O) groups excluding carboxylic acids is 2. The molecule has 2 rings (SSSR count). The number of nitrogens with one attached hydrogen (secondary N) is 1. The molecule has 1 aromatic carbocycles. The molecule has 4 N–H and O–H groups in total. The van der Waals surface area contributed by atoms with Crippen molar-refractivity contribution in [2.75, 3.05) is 6.54 Å². The van der Waals surface area contributed by atoms with Crippen molar-refractivity contribution < 1.29 is 19.5 Å². The molecule has 8 nitrogen and oxygen atoms in total. The fourth-order valence-electron chi connectivity index (χ4n) is 2.16. The maximum atomic E-state index is 12.3. The maximum Gasteiger partial charge on any atom is 0.325 e. The Hall–Kier alpha value is -2.61. The first-order chi connectivity index (χ1) is 9.88. The molecule has 1 aliphatic heterocycles. The van der Waals surface area contributed by atoms with E-state index >= 15 is 0 Å². The van der Waals surface area contributed by atoms with Gasteiger partial charge in [-0.15, -0.1) is 12.4 Å². The second-order valence-electron chi connectivity index (χ2n) is 4.74. The third-order valence-electron chi connectivity index (χ3n) is 3.28. The van der Waals surface area contributed by atoms with E-state index in [1.54, 1.807) is 24.3 Å². The molecule has 0 aromatic heterocycles. The van der Waals surface area contributed by atoms with Crippen LogP contribution in [0.15, 0.2) is 29.4 Å². The predicted octanol–water partition coefficient (Wildman–Crippen LogP) is 0.253. The fraction of sp³-hybridized carbons (Fsp3) is 0.231. The van der Waals surface area contributed by atoms with Crippen LogP contribution in [0.5, 0.6) is 0 Å². The minimum atomic E-state index is -1.29. The van der Waals surface area contributed by atoms with E-state index in [4.69, 9.17) is 10.9 Å². The summed E-state index contributed by atoms with van der Waals surface area (Å²) in [5.74, 6) is 3.19. The molecule has 9 heteroatoms. The second kappa shape index (κ2) is 6.44. The van der Waals surface area contributed by atoms with E-state index in [-0.39, 0.29) is 12.4 Å². The highest BCUT2D eigenvalue weighted by Crippen LogP contribution is 2.28. The molecule has 118 valence electrons. The summed E-state index contributed by atoms with van der Waals surface area (Å²) >= 11 is 0. The van der Waals surface area contributed by atoms with E-state index < -0.39 is 30.0 Å². The summed E-state index contributed by atoms with van der Waals surface area (Å²) in [5, 5.41) is 14.7. The van der Waals surface area contributed by atoms with E-state index in [0.717, 1.165) is 5.56 Å². The summed E-state index contributed by atoms with van der Waals surface area (Å²) in [7, 11) is 0. The van der Waals surface area contributed by atoms with Crippen LogP contribution in [0.3, 0.4) is 0 Å². The average Bonchev–Trinajstić information content (AvgIpc) is 2.64. The van der Waals surface area contributed by atoms with E-state index in [2.05, 4.69) is 10.4 Å². The number of halogens is 1. The highest BCUT2D eigenvalue weighted by Gasteiger charge is 2.49. The Labute approximate surface area is 132 Å². The molecule has 1 aromatic rings. The number of carboxylic acid groups (broad SMARTS) is 1. The molecular formula is C13H15ClN4O4. The third-order valence-corrected chi connectivity index (χ3v) is 3.28. The number of hydrogen-bond acceptors (Lipinski definition) is 5. The van der Waals surface area contributed by atoms with Crippen molar-refractivity contribution in [2.45, 2.75) is 12.5 Å². The first-order valence-corrected chi connectivity index (χ1v) is 6.08. The van der Waals surface area contributed by atoms with Gasteiger partial charge in [0.05, 0.1) is 6.21 Å². The van der Waals surface area contributed by atoms with Gasteiger partial charge in [0.15, 0.2) is 0 Å². The van der Waals surface area contributed by atoms with Crippen molar-refractivity contribution in [2.24, 2.45) is 10.9 Å². The van der Waals surface area contributed by atoms with E-state index in [1.807, 2.05) is 0 Å². The Bertz CT molecular complexity index is 631. The number of nitrogens with two attached hydrogens (primary N) is 1. The lowest BCUT2D eigenvalue weighted by Gasteiger charge is -2.22. The number of carboxylic acids is 1. The molecule has 1 aliphatic rings. The van der Waals surface area contributed by atoms with E-state index in [1.165, 1.54) is 13.1 Å². The monoisotopic (exact) mass is 326 g/mol. The van der Waals surface area contributed by atoms with Crippen LogP contribution < -0.4 is 11.2 Å². The zero-order chi connectivity index (χ0) is 15.6. The third kappa shape index (κ3) is 3.01. The predicted molar refractivity (Wildman–Crippen MR) is 80.7 cm³/mol. The molecule has 1 heterocycles. The van der Waals surface area contributed by atoms with Gasteiger partial charge in [-0.2, -0.15) is 5.10 Å². The van der Waals surface area contributed by atoms with Crippen molar-refractivity contribution in [3.63, 3.8) is 0 Å². The van der Waals surface area contributed by atoms with Crippen molar-refractivity contribution in [1.82, 2.24) is 10.2 Å². The highest BCUT2D eigenvalue weighted by atomic mass is 35.5. The molecule has 0 radical (unpaired) electrons. The number of hydrazone groups is 1. The normalized spacial score (nSPS) is 20.9. The smallest absolute Gasteiger partial charge is 0.325 e. The van der Waals surface area contributed by atoms with Gasteiger partial charge in [-0.3, -0.25) is 14.5 Å². The van der Waals surface area contributed by atoms with Crippen LogP contribution >= 0.6 is 12.4 Å². The van der Waals surface area contributed by atoms with Crippen LogP contribution in [0.1, 0.15) is 18.1 Å². The first-order valence-electron chi connectivity index (χ1n) is 6.08. The lowest BCUT2D eigenvalue weighted by atomic mass is 9.91. The van der Waals surface area contributed by atoms with Gasteiger partial charge < -0.3 is 16.3 Å². The van der Waals surface area contributed by atoms with Crippen molar-refractivity contribution in [3.8, 4) is 0 Å². The minimum Gasteiger partial charge on any atom is -0.480 e. The molecule has 1 atom stereocenters. The zero-order valence-electron chi connectivity index (χ0n) is 11.6. The number of amides is 3. The lowest BCUT2D eigenvalue weighted by Crippen LogP contribution is -2.41. The molecule has 0 bridgehead atoms. The summed E-state index contributed by atoms with van der Waals surface area (Å²) in [5.41, 5.74) is -0.00260. The second-order valence-corrected chi connectivity index (χ2v) is 4.74. The number of nitrogens with zero attached hydrogens (tertiary/aromatic N) is 2. The van der Waals surface area contributed by atoms with Gasteiger partial charge in [0.2, 0.25) is 0 Å². The molecule has 0 saturated carbocycles. The Morgan fingerprint density at radius 3 is 2.50 bits per heavy atom. The molecule has 1 fully saturated rings. The molecule has 0 spiro atoms. The summed E-state index contributed by atoms with van der Waals surface area (Å²) < 4.78 is 0. The Morgan fingerprint density at radius 2 is 2.00 bits per heavy atom. The van der Waals surface area contributed by atoms with Gasteiger partial charge in [0.25, 0.3) is 5.91 Å². The van der Waals surface area contributed by atoms with E-state index in [9.17, 15) is 14.4 Å². The van der Waals surface area contributed by atoms with Crippen molar-refractivity contribution in [1.29, 1.82) is 0 Å². The van der Waals surface area contributed by atoms with Gasteiger partial charge in [-0.05, 0) is 18.1 Å². The summed E-state index contributed by atoms with van der Waals surface area (Å²) in [6.07, 6.45) is 1.44. The molecule has 0 aliphatic carbocycles. The number of benzene rings is 1. The number of hydrogen-bond donors (Lipinski definition) is 3. The summed E-state index contributed by atoms with van der Waals surface area (Å²) in [4.78, 5) is 35.5. The van der Waals surface area contributed by atoms with Crippen LogP contribution in [0.4, 0.5) is 4.79 Å². The maximum absolute atomic E-state index is 12.3. The first kappa shape index (κ1) is 17.4. The lowest BCUT2D eigenvalue weighted by molar-refractivity contribution is -0.142. The van der Waals surface area contributed by atoms with Gasteiger partial charge in [0.1, 0.15) is 12.1 Å². The highest BCUT2D eigenvalue weighted by molar-refractivity contribution is 6.08. The minimum absolute atomic E-state index is 0. The van der Waals surface area contributed by atoms with E-state index in [0.29, 0.717) is 10.5 Å². The van der Waals surface area contributed by atoms with Crippen molar-refractivity contribution >= 4 is 36.5 Å². The fourth-order valence-corrected chi connectivity index (χ4v) is 2.16. The molecule has 3 amide bonds. The average molecular weight is 327 g/mol. The van der Waals surface area contributed by atoms with Gasteiger partial charge in [-0.25, -0.2) is 4.79 Å². The molecule has 1 saturated heterocycles. The summed E-state index contributed by atoms with van der Waals surface area (Å²) in [6.45, 7) is 0.860. The SMILES string of the molecule is CC1(c2ccc(C=NN)cc2)NC(=O)N(CC(=O)O)C1=O.Cl. The molecule has 1 unspecified atom stereocenters. The van der Waals surface area contributed by atoms with Crippen LogP contribution in [-0.2, 0) is 15.1 Å². The van der Waals surface area contributed by atoms with Gasteiger partial charge >= 0.3 is 12.0 Å². The Kier molecular flexibility index (Phi) is 5.10. The number of imide groups is 1. The number of carbonyl (C=O) groups is 3. The number of aliphatic carboxylic acids is 1. The molecule has 22 heavy (non-hydrogen) atoms. The quantitative estimate of drug-likeness (QED) is 0.316. The standard InChI is InChI=1S/C13H14N4O4.ClH/c1-13(9-4-2-8(3-5-9)6-15-14)11(20)17(7-10(18)19)12(21)16-13;/h2-6H,7,14H2,1H3,(H,16,21)(H,18,19);1H. The largest absolute Gasteiger partial charge is 0.480 e. The van der Waals surface area contributed by atoms with Gasteiger partial charge in [-0.1, -0.05) is 24.3 Å². The van der Waals surface area contributed by atoms with Crippen molar-refractivity contribution in [3.05, 3.63) is 35.4 Å². The number of urea groups is 1. The summed E-state index contributed by atoms with van der Waals surface area (Å²) in [6, 6.07) is 5.96. The zero-order valence-corrected chi connectivity index (χ0v) is 12.5. The van der Waals surface area contributed by atoms with Crippen LogP contribution in [-0.4, -0.2) is 40.7 Å². The topological polar surface area (TPSA) is 125 Å². The van der Waals surface area contributed by atoms with Crippen LogP contribution in [0.2, 0.25) is 0 Å². The van der Waals surface area contributed by atoms with Gasteiger partial charge in [0, 0.05) is 0 Å². The van der Waals surface area contributed by atoms with Crippen LogP contribution in [0, 0.1) is 0 Å². The number of rotatable bonds is 4. The molecular weight excluding hydrogens is 312 g/mol.